The van der Waals surface area contributed by atoms with Crippen molar-refractivity contribution >= 4 is 17.9 Å². The summed E-state index contributed by atoms with van der Waals surface area (Å²) in [4.78, 5) is 34.4. The molecule has 0 aromatic carbocycles. The van der Waals surface area contributed by atoms with Crippen molar-refractivity contribution in [1.82, 2.24) is 0 Å². The monoisotopic (exact) mass is 493 g/mol. The molecule has 1 aliphatic heterocycles. The Kier molecular flexibility index (Phi) is 12.8. The van der Waals surface area contributed by atoms with Crippen molar-refractivity contribution < 1.29 is 59.5 Å². The number of ether oxygens (including phenoxy) is 5. The van der Waals surface area contributed by atoms with Crippen molar-refractivity contribution in [2.45, 2.75) is 58.2 Å². The van der Waals surface area contributed by atoms with Crippen LogP contribution in [0.5, 0.6) is 0 Å². The molecule has 30 heavy (non-hydrogen) atoms. The van der Waals surface area contributed by atoms with Crippen LogP contribution in [-0.4, -0.2) is 87.4 Å². The topological polar surface area (TPSA) is 97.4 Å². The molecule has 10 heteroatoms. The molecule has 172 valence electrons. The van der Waals surface area contributed by atoms with E-state index in [0.29, 0.717) is 17.6 Å². The van der Waals surface area contributed by atoms with E-state index in [1.165, 1.54) is 20.8 Å². The normalized spacial score (nSPS) is 23.5. The lowest BCUT2D eigenvalue weighted by Crippen LogP contribution is -3.00. The predicted octanol–water partition coefficient (Wildman–Crippen LogP) is -2.35. The highest BCUT2D eigenvalue weighted by Gasteiger charge is 2.47. The Hall–Kier alpha value is -1.67. The third-order valence-electron chi connectivity index (χ3n) is 4.26. The quantitative estimate of drug-likeness (QED) is 0.110. The number of hydrogen-bond donors (Lipinski definition) is 0. The number of terminal acetylenes is 1. The van der Waals surface area contributed by atoms with E-state index in [-0.39, 0.29) is 23.6 Å². The summed E-state index contributed by atoms with van der Waals surface area (Å²) in [6.45, 7) is 5.50. The predicted molar refractivity (Wildman–Crippen MR) is 102 cm³/mol. The Morgan fingerprint density at radius 2 is 1.57 bits per heavy atom. The van der Waals surface area contributed by atoms with E-state index in [2.05, 4.69) is 20.0 Å². The van der Waals surface area contributed by atoms with E-state index < -0.39 is 42.5 Å². The van der Waals surface area contributed by atoms with Gasteiger partial charge >= 0.3 is 17.9 Å². The van der Waals surface area contributed by atoms with Crippen LogP contribution in [0.25, 0.3) is 0 Å². The second-order valence-electron chi connectivity index (χ2n) is 7.60. The van der Waals surface area contributed by atoms with Crippen molar-refractivity contribution in [1.29, 1.82) is 0 Å². The van der Waals surface area contributed by atoms with Gasteiger partial charge < -0.3 is 45.1 Å². The Balaban J connectivity index is 0.00000841. The summed E-state index contributed by atoms with van der Waals surface area (Å²) in [5.41, 5.74) is 0. The molecule has 4 atom stereocenters. The smallest absolute Gasteiger partial charge is 0.303 e. The maximum atomic E-state index is 11.6. The van der Waals surface area contributed by atoms with E-state index in [1.807, 2.05) is 0 Å². The Morgan fingerprint density at radius 3 is 2.10 bits per heavy atom. The highest BCUT2D eigenvalue weighted by atomic mass is 79.9. The highest BCUT2D eigenvalue weighted by molar-refractivity contribution is 5.68. The summed E-state index contributed by atoms with van der Waals surface area (Å²) < 4.78 is 27.8. The molecule has 0 spiro atoms. The average Bonchev–Trinajstić information content (AvgIpc) is 2.57. The number of quaternary nitrogens is 1. The van der Waals surface area contributed by atoms with Gasteiger partial charge in [-0.3, -0.25) is 14.4 Å². The fourth-order valence-corrected chi connectivity index (χ4v) is 3.02. The molecule has 0 bridgehead atoms. The molecule has 0 saturated carbocycles. The maximum Gasteiger partial charge on any atom is 0.303 e. The summed E-state index contributed by atoms with van der Waals surface area (Å²) in [6.07, 6.45) is 3.07. The van der Waals surface area contributed by atoms with E-state index in [9.17, 15) is 14.4 Å². The number of carbonyl (C=O) groups is 3. The first-order valence-corrected chi connectivity index (χ1v) is 9.56. The molecule has 1 heterocycles. The van der Waals surface area contributed by atoms with Gasteiger partial charge in [-0.15, -0.1) is 6.42 Å². The zero-order valence-electron chi connectivity index (χ0n) is 18.2. The van der Waals surface area contributed by atoms with Crippen molar-refractivity contribution in [3.63, 3.8) is 0 Å². The van der Waals surface area contributed by atoms with Gasteiger partial charge in [0, 0.05) is 20.8 Å². The molecule has 0 aliphatic carbocycles. The minimum absolute atomic E-state index is 0. The summed E-state index contributed by atoms with van der Waals surface area (Å²) in [5.74, 6) is 0.898. The van der Waals surface area contributed by atoms with Crippen LogP contribution in [0.1, 0.15) is 33.6 Å². The van der Waals surface area contributed by atoms with Crippen LogP contribution in [0, 0.1) is 12.3 Å². The van der Waals surface area contributed by atoms with Gasteiger partial charge in [0.2, 0.25) is 0 Å². The van der Waals surface area contributed by atoms with Crippen LogP contribution in [0.15, 0.2) is 0 Å². The zero-order chi connectivity index (χ0) is 22.0. The zero-order valence-corrected chi connectivity index (χ0v) is 19.8. The van der Waals surface area contributed by atoms with Crippen LogP contribution >= 0.6 is 0 Å². The van der Waals surface area contributed by atoms with Crippen molar-refractivity contribution in [2.24, 2.45) is 0 Å². The van der Waals surface area contributed by atoms with Crippen molar-refractivity contribution in [3.05, 3.63) is 0 Å². The third-order valence-corrected chi connectivity index (χ3v) is 4.26. The molecule has 0 amide bonds. The van der Waals surface area contributed by atoms with Crippen LogP contribution in [0.3, 0.4) is 0 Å². The lowest BCUT2D eigenvalue weighted by molar-refractivity contribution is -0.883. The van der Waals surface area contributed by atoms with Gasteiger partial charge in [0.1, 0.15) is 6.54 Å². The van der Waals surface area contributed by atoms with Gasteiger partial charge in [-0.25, -0.2) is 0 Å². The van der Waals surface area contributed by atoms with Gasteiger partial charge in [0.05, 0.1) is 33.9 Å². The van der Waals surface area contributed by atoms with Gasteiger partial charge in [0.25, 0.3) is 0 Å². The molecule has 0 radical (unpaired) electrons. The molecule has 1 aliphatic rings. The first-order chi connectivity index (χ1) is 13.6. The largest absolute Gasteiger partial charge is 1.00 e. The van der Waals surface area contributed by atoms with Crippen LogP contribution in [0.4, 0.5) is 0 Å². The maximum absolute atomic E-state index is 11.6. The molecule has 0 N–H and O–H groups in total. The summed E-state index contributed by atoms with van der Waals surface area (Å²) in [6, 6.07) is 0. The summed E-state index contributed by atoms with van der Waals surface area (Å²) in [5, 5.41) is 0. The lowest BCUT2D eigenvalue weighted by Gasteiger charge is -2.40. The second-order valence-corrected chi connectivity index (χ2v) is 7.60. The number of unbranched alkanes of at least 4 members (excludes halogenated alkanes) is 1. The molecular weight excluding hydrogens is 462 g/mol. The summed E-state index contributed by atoms with van der Waals surface area (Å²) in [7, 11) is 4.11. The Morgan fingerprint density at radius 1 is 1.00 bits per heavy atom. The Bertz CT molecular complexity index is 618. The van der Waals surface area contributed by atoms with Crippen LogP contribution in [-0.2, 0) is 38.1 Å². The van der Waals surface area contributed by atoms with E-state index in [0.717, 1.165) is 19.4 Å². The van der Waals surface area contributed by atoms with E-state index >= 15 is 0 Å². The van der Waals surface area contributed by atoms with E-state index in [1.54, 1.807) is 0 Å². The van der Waals surface area contributed by atoms with Gasteiger partial charge in [-0.05, 0) is 18.8 Å². The van der Waals surface area contributed by atoms with Gasteiger partial charge in [-0.1, -0.05) is 0 Å². The molecule has 1 saturated heterocycles. The SMILES string of the molecule is C#CC[N+](C)(C)CCCCO[C@H]1OC[C@H](OC(C)=O)[C@H](OC(C)=O)[C@@H]1OC(C)=O.[Br-]. The highest BCUT2D eigenvalue weighted by Crippen LogP contribution is 2.25. The molecule has 0 aromatic rings. The van der Waals surface area contributed by atoms with Crippen LogP contribution < -0.4 is 17.0 Å². The van der Waals surface area contributed by atoms with Crippen molar-refractivity contribution in [2.75, 3.05) is 40.4 Å². The summed E-state index contributed by atoms with van der Waals surface area (Å²) >= 11 is 0. The average molecular weight is 494 g/mol. The minimum atomic E-state index is -1.05. The van der Waals surface area contributed by atoms with Gasteiger partial charge in [0.15, 0.2) is 24.6 Å². The fourth-order valence-electron chi connectivity index (χ4n) is 3.02. The molecule has 0 unspecified atom stereocenters. The Labute approximate surface area is 188 Å². The standard InChI is InChI=1S/C20H32NO8.BrH/c1-7-10-21(5,6)11-8-9-12-25-20-19(29-16(4)24)18(28-15(3)23)17(13-26-20)27-14(2)22;/h1,17-20H,8-13H2,2-6H3;1H/q+1;/p-1/t17-,18-,19-,20-;/m0./s1. The first kappa shape index (κ1) is 28.3. The van der Waals surface area contributed by atoms with Crippen LogP contribution in [0.2, 0.25) is 0 Å². The first-order valence-electron chi connectivity index (χ1n) is 9.56. The molecule has 0 aromatic heterocycles. The fraction of sp³-hybridized carbons (Fsp3) is 0.750. The van der Waals surface area contributed by atoms with Crippen molar-refractivity contribution in [3.8, 4) is 12.3 Å². The van der Waals surface area contributed by atoms with E-state index in [4.69, 9.17) is 30.1 Å². The number of hydrogen-bond acceptors (Lipinski definition) is 8. The molecular formula is C20H32BrNO8. The lowest BCUT2D eigenvalue weighted by atomic mass is 10.0. The molecule has 9 nitrogen and oxygen atoms in total. The number of nitrogens with zero attached hydrogens (tertiary/aromatic N) is 1. The minimum Gasteiger partial charge on any atom is -1.00 e. The number of esters is 3. The molecule has 1 fully saturated rings. The third kappa shape index (κ3) is 10.4. The number of carbonyl (C=O) groups excluding carboxylic acids is 3. The number of halogens is 1. The van der Waals surface area contributed by atoms with Gasteiger partial charge in [-0.2, -0.15) is 0 Å². The second kappa shape index (κ2) is 13.6. The number of rotatable bonds is 10. The molecule has 1 rings (SSSR count).